The second kappa shape index (κ2) is 7.59. The van der Waals surface area contributed by atoms with E-state index in [0.717, 1.165) is 28.9 Å². The monoisotopic (exact) mass is 311 g/mol. The van der Waals surface area contributed by atoms with Crippen LogP contribution in [0.2, 0.25) is 0 Å². The Balaban J connectivity index is 2.67. The van der Waals surface area contributed by atoms with Gasteiger partial charge < -0.3 is 10.1 Å². The molecule has 3 heteroatoms. The van der Waals surface area contributed by atoms with Crippen LogP contribution in [0.25, 0.3) is 0 Å². The molecule has 0 saturated carbocycles. The summed E-state index contributed by atoms with van der Waals surface area (Å²) in [4.78, 5) is 0. The first-order valence-corrected chi connectivity index (χ1v) is 7.04. The summed E-state index contributed by atoms with van der Waals surface area (Å²) in [6, 6.07) is 6.10. The molecule has 0 amide bonds. The van der Waals surface area contributed by atoms with Gasteiger partial charge in [0.15, 0.2) is 0 Å². The zero-order chi connectivity index (χ0) is 13.5. The molecule has 0 atom stereocenters. The third-order valence-corrected chi connectivity index (χ3v) is 2.86. The Labute approximate surface area is 119 Å². The van der Waals surface area contributed by atoms with Gasteiger partial charge in [-0.15, -0.1) is 0 Å². The summed E-state index contributed by atoms with van der Waals surface area (Å²) >= 11 is 3.50. The van der Waals surface area contributed by atoms with E-state index >= 15 is 0 Å². The molecule has 2 nitrogen and oxygen atoms in total. The number of rotatable bonds is 7. The fraction of sp³-hybridized carbons (Fsp3) is 0.467. The molecule has 0 heterocycles. The SMILES string of the molecule is C=C(C)COc1ccc(Br)cc1CNCC(C)C. The van der Waals surface area contributed by atoms with Gasteiger partial charge in [0.2, 0.25) is 0 Å². The summed E-state index contributed by atoms with van der Waals surface area (Å²) in [5.41, 5.74) is 2.20. The van der Waals surface area contributed by atoms with Crippen molar-refractivity contribution in [3.8, 4) is 5.75 Å². The van der Waals surface area contributed by atoms with Crippen LogP contribution in [0.1, 0.15) is 26.3 Å². The maximum atomic E-state index is 5.75. The van der Waals surface area contributed by atoms with Crippen molar-refractivity contribution in [3.05, 3.63) is 40.4 Å². The van der Waals surface area contributed by atoms with Gasteiger partial charge in [-0.05, 0) is 43.2 Å². The van der Waals surface area contributed by atoms with Gasteiger partial charge in [-0.1, -0.05) is 36.4 Å². The van der Waals surface area contributed by atoms with Crippen LogP contribution in [-0.2, 0) is 6.54 Å². The molecule has 0 aliphatic carbocycles. The Morgan fingerprint density at radius 3 is 2.78 bits per heavy atom. The van der Waals surface area contributed by atoms with Crippen molar-refractivity contribution in [3.63, 3.8) is 0 Å². The second-order valence-corrected chi connectivity index (χ2v) is 5.94. The first-order chi connectivity index (χ1) is 8.49. The van der Waals surface area contributed by atoms with Gasteiger partial charge in [-0.3, -0.25) is 0 Å². The van der Waals surface area contributed by atoms with E-state index < -0.39 is 0 Å². The molecule has 0 aliphatic rings. The molecule has 0 aliphatic heterocycles. The van der Waals surface area contributed by atoms with Gasteiger partial charge in [0.25, 0.3) is 0 Å². The lowest BCUT2D eigenvalue weighted by atomic mass is 10.2. The van der Waals surface area contributed by atoms with Gasteiger partial charge >= 0.3 is 0 Å². The lowest BCUT2D eigenvalue weighted by Crippen LogP contribution is -2.19. The fourth-order valence-electron chi connectivity index (χ4n) is 1.52. The van der Waals surface area contributed by atoms with Crippen LogP contribution >= 0.6 is 15.9 Å². The minimum Gasteiger partial charge on any atom is -0.489 e. The van der Waals surface area contributed by atoms with Crippen LogP contribution in [0, 0.1) is 5.92 Å². The van der Waals surface area contributed by atoms with Crippen LogP contribution in [0.5, 0.6) is 5.75 Å². The number of hydrogen-bond acceptors (Lipinski definition) is 2. The topological polar surface area (TPSA) is 21.3 Å². The lowest BCUT2D eigenvalue weighted by molar-refractivity contribution is 0.347. The highest BCUT2D eigenvalue weighted by Crippen LogP contribution is 2.23. The quantitative estimate of drug-likeness (QED) is 0.764. The lowest BCUT2D eigenvalue weighted by Gasteiger charge is -2.13. The fourth-order valence-corrected chi connectivity index (χ4v) is 1.93. The molecular weight excluding hydrogens is 290 g/mol. The molecule has 0 fully saturated rings. The number of ether oxygens (including phenoxy) is 1. The number of benzene rings is 1. The average Bonchev–Trinajstić information content (AvgIpc) is 2.27. The Kier molecular flexibility index (Phi) is 6.44. The van der Waals surface area contributed by atoms with E-state index in [1.54, 1.807) is 0 Å². The standard InChI is InChI=1S/C15H22BrNO/c1-11(2)8-17-9-13-7-14(16)5-6-15(13)18-10-12(3)4/h5-7,11,17H,3,8-10H2,1-2,4H3. The van der Waals surface area contributed by atoms with Crippen molar-refractivity contribution in [2.24, 2.45) is 5.92 Å². The highest BCUT2D eigenvalue weighted by molar-refractivity contribution is 9.10. The van der Waals surface area contributed by atoms with Gasteiger partial charge in [0, 0.05) is 16.6 Å². The van der Waals surface area contributed by atoms with E-state index in [1.165, 1.54) is 5.56 Å². The predicted octanol–water partition coefficient (Wildman–Crippen LogP) is 4.15. The normalized spacial score (nSPS) is 10.7. The van der Waals surface area contributed by atoms with Crippen LogP contribution in [-0.4, -0.2) is 13.2 Å². The molecule has 0 aromatic heterocycles. The third kappa shape index (κ3) is 5.69. The van der Waals surface area contributed by atoms with Gasteiger partial charge in [0.05, 0.1) is 0 Å². The van der Waals surface area contributed by atoms with E-state index in [9.17, 15) is 0 Å². The van der Waals surface area contributed by atoms with Crippen molar-refractivity contribution < 1.29 is 4.74 Å². The predicted molar refractivity (Wildman–Crippen MR) is 81.0 cm³/mol. The zero-order valence-electron chi connectivity index (χ0n) is 11.4. The smallest absolute Gasteiger partial charge is 0.124 e. The van der Waals surface area contributed by atoms with E-state index in [-0.39, 0.29) is 0 Å². The van der Waals surface area contributed by atoms with Crippen molar-refractivity contribution in [2.75, 3.05) is 13.2 Å². The highest BCUT2D eigenvalue weighted by Gasteiger charge is 2.05. The third-order valence-electron chi connectivity index (χ3n) is 2.36. The molecule has 0 radical (unpaired) electrons. The molecule has 1 rings (SSSR count). The molecule has 0 unspecified atom stereocenters. The van der Waals surface area contributed by atoms with Gasteiger partial charge in [-0.2, -0.15) is 0 Å². The Morgan fingerprint density at radius 1 is 1.44 bits per heavy atom. The molecule has 1 aromatic rings. The van der Waals surface area contributed by atoms with Crippen LogP contribution < -0.4 is 10.1 Å². The van der Waals surface area contributed by atoms with E-state index in [2.05, 4.69) is 47.7 Å². The number of hydrogen-bond donors (Lipinski definition) is 1. The van der Waals surface area contributed by atoms with E-state index in [1.807, 2.05) is 19.1 Å². The zero-order valence-corrected chi connectivity index (χ0v) is 13.0. The summed E-state index contributed by atoms with van der Waals surface area (Å²) in [5, 5.41) is 3.43. The molecule has 1 N–H and O–H groups in total. The maximum absolute atomic E-state index is 5.75. The first kappa shape index (κ1) is 15.3. The van der Waals surface area contributed by atoms with Gasteiger partial charge in [0.1, 0.15) is 12.4 Å². The molecular formula is C15H22BrNO. The molecule has 18 heavy (non-hydrogen) atoms. The number of halogens is 1. The average molecular weight is 312 g/mol. The number of nitrogens with one attached hydrogen (secondary N) is 1. The van der Waals surface area contributed by atoms with Crippen LogP contribution in [0.3, 0.4) is 0 Å². The molecule has 0 saturated heterocycles. The summed E-state index contributed by atoms with van der Waals surface area (Å²) < 4.78 is 6.83. The molecule has 0 bridgehead atoms. The van der Waals surface area contributed by atoms with Crippen LogP contribution in [0.4, 0.5) is 0 Å². The minimum atomic E-state index is 0.568. The highest BCUT2D eigenvalue weighted by atomic mass is 79.9. The summed E-state index contributed by atoms with van der Waals surface area (Å²) in [5.74, 6) is 1.58. The summed E-state index contributed by atoms with van der Waals surface area (Å²) in [7, 11) is 0. The molecule has 100 valence electrons. The maximum Gasteiger partial charge on any atom is 0.124 e. The molecule has 0 spiro atoms. The Morgan fingerprint density at radius 2 is 2.17 bits per heavy atom. The van der Waals surface area contributed by atoms with Crippen LogP contribution in [0.15, 0.2) is 34.8 Å². The Hall–Kier alpha value is -0.800. The largest absolute Gasteiger partial charge is 0.489 e. The van der Waals surface area contributed by atoms with E-state index in [0.29, 0.717) is 12.5 Å². The molecule has 1 aromatic carbocycles. The van der Waals surface area contributed by atoms with E-state index in [4.69, 9.17) is 4.74 Å². The summed E-state index contributed by atoms with van der Waals surface area (Å²) in [6.45, 7) is 12.6. The van der Waals surface area contributed by atoms with Crippen molar-refractivity contribution in [2.45, 2.75) is 27.3 Å². The summed E-state index contributed by atoms with van der Waals surface area (Å²) in [6.07, 6.45) is 0. The van der Waals surface area contributed by atoms with Crippen molar-refractivity contribution >= 4 is 15.9 Å². The van der Waals surface area contributed by atoms with Gasteiger partial charge in [-0.25, -0.2) is 0 Å². The van der Waals surface area contributed by atoms with Crippen molar-refractivity contribution in [1.29, 1.82) is 0 Å². The minimum absolute atomic E-state index is 0.568. The first-order valence-electron chi connectivity index (χ1n) is 6.25. The van der Waals surface area contributed by atoms with Crippen molar-refractivity contribution in [1.82, 2.24) is 5.32 Å². The second-order valence-electron chi connectivity index (χ2n) is 5.02. The Bertz CT molecular complexity index is 401.